The van der Waals surface area contributed by atoms with E-state index >= 15 is 0 Å². The highest BCUT2D eigenvalue weighted by Crippen LogP contribution is 2.10. The molecule has 0 aromatic heterocycles. The van der Waals surface area contributed by atoms with Gasteiger partial charge in [0.2, 0.25) is 0 Å². The molecule has 0 saturated carbocycles. The predicted octanol–water partition coefficient (Wildman–Crippen LogP) is 0.655. The van der Waals surface area contributed by atoms with E-state index in [0.29, 0.717) is 0 Å². The number of aliphatic hydroxyl groups excluding tert-OH is 1. The van der Waals surface area contributed by atoms with Gasteiger partial charge in [-0.05, 0) is 6.08 Å². The van der Waals surface area contributed by atoms with Crippen LogP contribution in [0.5, 0.6) is 0 Å². The predicted molar refractivity (Wildman–Crippen MR) is 33.8 cm³/mol. The minimum Gasteiger partial charge on any atom is -0.365 e. The average molecular weight is 179 g/mol. The highest BCUT2D eigenvalue weighted by molar-refractivity contribution is 9.09. The standard InChI is InChI=1S/C5H7BrO2/c6-3-4-1-2-5(7)8-4/h1-2,4-5,7H,3H2/t4-,5?/m0/s1. The van der Waals surface area contributed by atoms with Crippen LogP contribution in [0.15, 0.2) is 12.2 Å². The molecule has 1 aliphatic rings. The van der Waals surface area contributed by atoms with E-state index in [2.05, 4.69) is 15.9 Å². The molecule has 1 unspecified atom stereocenters. The molecule has 0 aromatic rings. The van der Waals surface area contributed by atoms with Crippen LogP contribution in [0.4, 0.5) is 0 Å². The SMILES string of the molecule is OC1C=C[C@@H](CBr)O1. The zero-order valence-electron chi connectivity index (χ0n) is 4.25. The van der Waals surface area contributed by atoms with Crippen molar-refractivity contribution in [2.75, 3.05) is 5.33 Å². The van der Waals surface area contributed by atoms with Crippen LogP contribution in [0.25, 0.3) is 0 Å². The van der Waals surface area contributed by atoms with Crippen LogP contribution in [0.1, 0.15) is 0 Å². The Hall–Kier alpha value is 0.140. The van der Waals surface area contributed by atoms with Crippen molar-refractivity contribution < 1.29 is 9.84 Å². The normalized spacial score (nSPS) is 36.2. The van der Waals surface area contributed by atoms with E-state index in [9.17, 15) is 0 Å². The summed E-state index contributed by atoms with van der Waals surface area (Å²) in [4.78, 5) is 0. The minimum atomic E-state index is -0.683. The van der Waals surface area contributed by atoms with Gasteiger partial charge in [-0.25, -0.2) is 0 Å². The first-order chi connectivity index (χ1) is 3.83. The fourth-order valence-electron chi connectivity index (χ4n) is 0.577. The fraction of sp³-hybridized carbons (Fsp3) is 0.600. The minimum absolute atomic E-state index is 0.0602. The molecule has 1 rings (SSSR count). The summed E-state index contributed by atoms with van der Waals surface area (Å²) in [6.45, 7) is 0. The van der Waals surface area contributed by atoms with Gasteiger partial charge in [-0.1, -0.05) is 22.0 Å². The molecule has 0 amide bonds. The number of rotatable bonds is 1. The van der Waals surface area contributed by atoms with E-state index in [1.807, 2.05) is 6.08 Å². The van der Waals surface area contributed by atoms with Gasteiger partial charge in [0.1, 0.15) is 0 Å². The van der Waals surface area contributed by atoms with Gasteiger partial charge in [0.05, 0.1) is 6.10 Å². The molecule has 1 N–H and O–H groups in total. The summed E-state index contributed by atoms with van der Waals surface area (Å²) in [5.41, 5.74) is 0. The molecule has 2 nitrogen and oxygen atoms in total. The number of hydrogen-bond acceptors (Lipinski definition) is 2. The Labute approximate surface area is 56.3 Å². The summed E-state index contributed by atoms with van der Waals surface area (Å²) < 4.78 is 4.91. The topological polar surface area (TPSA) is 29.5 Å². The lowest BCUT2D eigenvalue weighted by Gasteiger charge is -2.04. The zero-order valence-corrected chi connectivity index (χ0v) is 5.84. The van der Waals surface area contributed by atoms with Crippen LogP contribution in [0, 0.1) is 0 Å². The smallest absolute Gasteiger partial charge is 0.174 e. The largest absolute Gasteiger partial charge is 0.365 e. The lowest BCUT2D eigenvalue weighted by Crippen LogP contribution is -2.11. The van der Waals surface area contributed by atoms with Gasteiger partial charge in [0.15, 0.2) is 6.29 Å². The average Bonchev–Trinajstić information content (AvgIpc) is 2.14. The highest BCUT2D eigenvalue weighted by atomic mass is 79.9. The number of alkyl halides is 1. The van der Waals surface area contributed by atoms with Crippen molar-refractivity contribution in [2.24, 2.45) is 0 Å². The molecule has 46 valence electrons. The molecule has 0 spiro atoms. The van der Waals surface area contributed by atoms with Gasteiger partial charge in [-0.2, -0.15) is 0 Å². The molecule has 0 saturated heterocycles. The molecule has 1 aliphatic heterocycles. The van der Waals surface area contributed by atoms with E-state index in [0.717, 1.165) is 5.33 Å². The maximum Gasteiger partial charge on any atom is 0.174 e. The van der Waals surface area contributed by atoms with E-state index in [-0.39, 0.29) is 6.10 Å². The van der Waals surface area contributed by atoms with E-state index in [1.165, 1.54) is 0 Å². The monoisotopic (exact) mass is 178 g/mol. The van der Waals surface area contributed by atoms with Gasteiger partial charge >= 0.3 is 0 Å². The van der Waals surface area contributed by atoms with Gasteiger partial charge in [0, 0.05) is 5.33 Å². The Bertz CT molecular complexity index is 103. The summed E-state index contributed by atoms with van der Waals surface area (Å²) in [5.74, 6) is 0. The third-order valence-corrected chi connectivity index (χ3v) is 1.59. The van der Waals surface area contributed by atoms with E-state index in [1.54, 1.807) is 6.08 Å². The van der Waals surface area contributed by atoms with Crippen LogP contribution < -0.4 is 0 Å². The van der Waals surface area contributed by atoms with Crippen LogP contribution >= 0.6 is 15.9 Å². The molecule has 0 fully saturated rings. The Kier molecular flexibility index (Phi) is 2.05. The quantitative estimate of drug-likeness (QED) is 0.473. The van der Waals surface area contributed by atoms with Crippen LogP contribution in [-0.2, 0) is 4.74 Å². The van der Waals surface area contributed by atoms with Crippen molar-refractivity contribution >= 4 is 15.9 Å². The summed E-state index contributed by atoms with van der Waals surface area (Å²) >= 11 is 3.22. The molecule has 3 heteroatoms. The van der Waals surface area contributed by atoms with Crippen molar-refractivity contribution in [2.45, 2.75) is 12.4 Å². The van der Waals surface area contributed by atoms with Crippen molar-refractivity contribution in [3.05, 3.63) is 12.2 Å². The van der Waals surface area contributed by atoms with Gasteiger partial charge in [0.25, 0.3) is 0 Å². The summed E-state index contributed by atoms with van der Waals surface area (Å²) in [6, 6.07) is 0. The molecule has 0 radical (unpaired) electrons. The third-order valence-electron chi connectivity index (χ3n) is 0.957. The van der Waals surface area contributed by atoms with Crippen LogP contribution in [0.3, 0.4) is 0 Å². The number of aliphatic hydroxyl groups is 1. The third kappa shape index (κ3) is 1.31. The van der Waals surface area contributed by atoms with Crippen LogP contribution in [0.2, 0.25) is 0 Å². The lowest BCUT2D eigenvalue weighted by molar-refractivity contribution is -0.0661. The van der Waals surface area contributed by atoms with Crippen molar-refractivity contribution in [3.63, 3.8) is 0 Å². The first-order valence-electron chi connectivity index (χ1n) is 2.41. The Morgan fingerprint density at radius 1 is 1.62 bits per heavy atom. The molecule has 8 heavy (non-hydrogen) atoms. The lowest BCUT2D eigenvalue weighted by atomic mass is 10.4. The van der Waals surface area contributed by atoms with Crippen LogP contribution in [-0.4, -0.2) is 22.8 Å². The van der Waals surface area contributed by atoms with Crippen molar-refractivity contribution in [3.8, 4) is 0 Å². The van der Waals surface area contributed by atoms with Gasteiger partial charge < -0.3 is 9.84 Å². The first kappa shape index (κ1) is 6.26. The number of ether oxygens (including phenoxy) is 1. The molecule has 0 aromatic carbocycles. The number of halogens is 1. The maximum atomic E-state index is 8.70. The second-order valence-electron chi connectivity index (χ2n) is 1.60. The Balaban J connectivity index is 2.34. The molecule has 0 bridgehead atoms. The van der Waals surface area contributed by atoms with E-state index in [4.69, 9.17) is 9.84 Å². The van der Waals surface area contributed by atoms with Crippen molar-refractivity contribution in [1.29, 1.82) is 0 Å². The van der Waals surface area contributed by atoms with Crippen molar-refractivity contribution in [1.82, 2.24) is 0 Å². The molecule has 0 aliphatic carbocycles. The number of hydrogen-bond donors (Lipinski definition) is 1. The Morgan fingerprint density at radius 2 is 2.38 bits per heavy atom. The molecule has 1 heterocycles. The summed E-state index contributed by atoms with van der Waals surface area (Å²) in [6.07, 6.45) is 2.84. The second-order valence-corrected chi connectivity index (χ2v) is 2.25. The molecule has 2 atom stereocenters. The molecular weight excluding hydrogens is 172 g/mol. The molecular formula is C5H7BrO2. The second kappa shape index (κ2) is 2.62. The Morgan fingerprint density at radius 3 is 2.62 bits per heavy atom. The van der Waals surface area contributed by atoms with E-state index < -0.39 is 6.29 Å². The summed E-state index contributed by atoms with van der Waals surface area (Å²) in [7, 11) is 0. The first-order valence-corrected chi connectivity index (χ1v) is 3.53. The zero-order chi connectivity index (χ0) is 5.98. The van der Waals surface area contributed by atoms with Gasteiger partial charge in [-0.15, -0.1) is 0 Å². The maximum absolute atomic E-state index is 8.70. The summed E-state index contributed by atoms with van der Waals surface area (Å²) in [5, 5.41) is 9.45. The highest BCUT2D eigenvalue weighted by Gasteiger charge is 2.13. The fourth-order valence-corrected chi connectivity index (χ4v) is 0.945. The van der Waals surface area contributed by atoms with Gasteiger partial charge in [-0.3, -0.25) is 0 Å².